The van der Waals surface area contributed by atoms with Gasteiger partial charge in [-0.25, -0.2) is 0 Å². The van der Waals surface area contributed by atoms with Gasteiger partial charge in [0.15, 0.2) is 0 Å². The number of carbonyl (C=O) groups is 3. The number of hydrogen-bond acceptors (Lipinski definition) is 5. The van der Waals surface area contributed by atoms with Crippen LogP contribution in [-0.2, 0) is 20.8 Å². The molecule has 3 amide bonds. The number of carbonyl (C=O) groups excluding carboxylic acids is 3. The number of rotatable bonds is 10. The van der Waals surface area contributed by atoms with Crippen molar-refractivity contribution in [3.8, 4) is 0 Å². The van der Waals surface area contributed by atoms with Gasteiger partial charge in [-0.3, -0.25) is 14.4 Å². The normalized spacial score (nSPS) is 13.8. The van der Waals surface area contributed by atoms with E-state index >= 15 is 0 Å². The standard InChI is InChI=1S/C28H32N4O3S.ClH/c29-14-5-15-30-28(35)23(19-20-10-11-21-6-1-2-7-22(21)18-20)31-26(33)12-16-32-24-8-3-4-9-25(24)36-17-13-27(32)34;/h1-4,6-11,18,23H,5,12-17,19,29H2,(H,30,35)(H,31,33);1H. The monoisotopic (exact) mass is 540 g/mol. The number of nitrogens with zero attached hydrogens (tertiary/aromatic N) is 1. The Kier molecular flexibility index (Phi) is 10.8. The van der Waals surface area contributed by atoms with Gasteiger partial charge < -0.3 is 21.3 Å². The van der Waals surface area contributed by atoms with Gasteiger partial charge in [-0.05, 0) is 41.4 Å². The highest BCUT2D eigenvalue weighted by molar-refractivity contribution is 7.99. The number of para-hydroxylation sites is 1. The number of anilines is 1. The summed E-state index contributed by atoms with van der Waals surface area (Å²) in [7, 11) is 0. The SMILES string of the molecule is Cl.NCCCNC(=O)C(Cc1ccc2ccccc2c1)NC(=O)CCN1C(=O)CCSc2ccccc21. The molecule has 196 valence electrons. The molecular weight excluding hydrogens is 508 g/mol. The third kappa shape index (κ3) is 7.71. The molecule has 4 rings (SSSR count). The summed E-state index contributed by atoms with van der Waals surface area (Å²) in [6.07, 6.45) is 1.56. The number of thioether (sulfide) groups is 1. The molecule has 4 N–H and O–H groups in total. The lowest BCUT2D eigenvalue weighted by Crippen LogP contribution is -2.49. The van der Waals surface area contributed by atoms with Crippen molar-refractivity contribution in [2.24, 2.45) is 5.73 Å². The Balaban J connectivity index is 0.00000380. The Hall–Kier alpha value is -3.07. The van der Waals surface area contributed by atoms with Crippen LogP contribution >= 0.6 is 24.2 Å². The average molecular weight is 541 g/mol. The molecule has 1 heterocycles. The molecule has 1 unspecified atom stereocenters. The molecule has 1 aliphatic rings. The van der Waals surface area contributed by atoms with E-state index in [1.807, 2.05) is 66.7 Å². The van der Waals surface area contributed by atoms with Crippen LogP contribution in [0, 0.1) is 0 Å². The predicted octanol–water partition coefficient (Wildman–Crippen LogP) is 3.67. The maximum Gasteiger partial charge on any atom is 0.242 e. The molecule has 0 spiro atoms. The fourth-order valence-electron chi connectivity index (χ4n) is 4.29. The summed E-state index contributed by atoms with van der Waals surface area (Å²) >= 11 is 1.65. The number of nitrogens with one attached hydrogen (secondary N) is 2. The van der Waals surface area contributed by atoms with Gasteiger partial charge in [-0.15, -0.1) is 24.2 Å². The summed E-state index contributed by atoms with van der Waals surface area (Å²) in [6, 6.07) is 21.1. The minimum absolute atomic E-state index is 0. The quantitative estimate of drug-likeness (QED) is 0.340. The van der Waals surface area contributed by atoms with Crippen molar-refractivity contribution in [3.05, 3.63) is 72.3 Å². The van der Waals surface area contributed by atoms with Crippen molar-refractivity contribution in [3.63, 3.8) is 0 Å². The summed E-state index contributed by atoms with van der Waals surface area (Å²) in [6.45, 7) is 1.20. The lowest BCUT2D eigenvalue weighted by atomic mass is 10.0. The summed E-state index contributed by atoms with van der Waals surface area (Å²) < 4.78 is 0. The van der Waals surface area contributed by atoms with Crippen LogP contribution in [0.3, 0.4) is 0 Å². The lowest BCUT2D eigenvalue weighted by molar-refractivity contribution is -0.129. The van der Waals surface area contributed by atoms with Gasteiger partial charge >= 0.3 is 0 Å². The second-order valence-corrected chi connectivity index (χ2v) is 9.94. The van der Waals surface area contributed by atoms with Gasteiger partial charge in [0.25, 0.3) is 0 Å². The zero-order valence-electron chi connectivity index (χ0n) is 20.7. The number of halogens is 1. The molecule has 0 aromatic heterocycles. The zero-order valence-corrected chi connectivity index (χ0v) is 22.3. The van der Waals surface area contributed by atoms with Crippen molar-refractivity contribution in [2.45, 2.75) is 36.6 Å². The highest BCUT2D eigenvalue weighted by Gasteiger charge is 2.25. The van der Waals surface area contributed by atoms with E-state index in [0.29, 0.717) is 32.4 Å². The molecule has 0 bridgehead atoms. The van der Waals surface area contributed by atoms with Crippen LogP contribution in [0.5, 0.6) is 0 Å². The molecule has 37 heavy (non-hydrogen) atoms. The number of benzene rings is 3. The molecule has 0 radical (unpaired) electrons. The van der Waals surface area contributed by atoms with Crippen molar-refractivity contribution < 1.29 is 14.4 Å². The van der Waals surface area contributed by atoms with Gasteiger partial charge in [0.05, 0.1) is 5.69 Å². The van der Waals surface area contributed by atoms with Crippen LogP contribution in [0.4, 0.5) is 5.69 Å². The van der Waals surface area contributed by atoms with Crippen LogP contribution in [0.25, 0.3) is 10.8 Å². The van der Waals surface area contributed by atoms with E-state index in [-0.39, 0.29) is 43.1 Å². The number of nitrogens with two attached hydrogens (primary N) is 1. The molecule has 9 heteroatoms. The maximum absolute atomic E-state index is 13.0. The first-order valence-electron chi connectivity index (χ1n) is 12.3. The van der Waals surface area contributed by atoms with Crippen LogP contribution < -0.4 is 21.3 Å². The highest BCUT2D eigenvalue weighted by Crippen LogP contribution is 2.34. The van der Waals surface area contributed by atoms with E-state index in [4.69, 9.17) is 5.73 Å². The highest BCUT2D eigenvalue weighted by atomic mass is 35.5. The summed E-state index contributed by atoms with van der Waals surface area (Å²) in [5.74, 6) is 0.219. The summed E-state index contributed by atoms with van der Waals surface area (Å²) in [5.41, 5.74) is 7.36. The zero-order chi connectivity index (χ0) is 25.3. The predicted molar refractivity (Wildman–Crippen MR) is 152 cm³/mol. The van der Waals surface area contributed by atoms with E-state index in [0.717, 1.165) is 32.7 Å². The molecule has 0 saturated carbocycles. The van der Waals surface area contributed by atoms with E-state index in [1.165, 1.54) is 0 Å². The molecule has 0 aliphatic carbocycles. The first-order chi connectivity index (χ1) is 17.5. The second kappa shape index (κ2) is 14.0. The van der Waals surface area contributed by atoms with E-state index in [9.17, 15) is 14.4 Å². The van der Waals surface area contributed by atoms with Gasteiger partial charge in [-0.2, -0.15) is 0 Å². The molecule has 3 aromatic rings. The average Bonchev–Trinajstić information content (AvgIpc) is 3.05. The Morgan fingerprint density at radius 1 is 1.03 bits per heavy atom. The van der Waals surface area contributed by atoms with Gasteiger partial charge in [0.2, 0.25) is 17.7 Å². The van der Waals surface area contributed by atoms with Crippen molar-refractivity contribution in [1.29, 1.82) is 0 Å². The van der Waals surface area contributed by atoms with Gasteiger partial charge in [0, 0.05) is 43.0 Å². The minimum Gasteiger partial charge on any atom is -0.354 e. The Labute approximate surface area is 228 Å². The summed E-state index contributed by atoms with van der Waals surface area (Å²) in [5, 5.41) is 7.99. The fourth-order valence-corrected chi connectivity index (χ4v) is 5.29. The van der Waals surface area contributed by atoms with Gasteiger partial charge in [0.1, 0.15) is 6.04 Å². The minimum atomic E-state index is -0.723. The third-order valence-electron chi connectivity index (χ3n) is 6.18. The molecule has 3 aromatic carbocycles. The number of hydrogen-bond donors (Lipinski definition) is 3. The number of fused-ring (bicyclic) bond motifs is 2. The Morgan fingerprint density at radius 2 is 1.78 bits per heavy atom. The van der Waals surface area contributed by atoms with Crippen molar-refractivity contribution >= 4 is 58.4 Å². The lowest BCUT2D eigenvalue weighted by Gasteiger charge is -2.23. The van der Waals surface area contributed by atoms with Crippen LogP contribution in [0.15, 0.2) is 71.6 Å². The third-order valence-corrected chi connectivity index (χ3v) is 7.24. The molecule has 1 atom stereocenters. The summed E-state index contributed by atoms with van der Waals surface area (Å²) in [4.78, 5) is 41.4. The molecule has 0 saturated heterocycles. The van der Waals surface area contributed by atoms with E-state index in [2.05, 4.69) is 10.6 Å². The molecule has 0 fully saturated rings. The van der Waals surface area contributed by atoms with Crippen LogP contribution in [0.1, 0.15) is 24.8 Å². The Bertz CT molecular complexity index is 1240. The van der Waals surface area contributed by atoms with Crippen LogP contribution in [-0.4, -0.2) is 49.2 Å². The van der Waals surface area contributed by atoms with Crippen molar-refractivity contribution in [1.82, 2.24) is 10.6 Å². The van der Waals surface area contributed by atoms with E-state index in [1.54, 1.807) is 16.7 Å². The smallest absolute Gasteiger partial charge is 0.242 e. The topological polar surface area (TPSA) is 105 Å². The van der Waals surface area contributed by atoms with E-state index < -0.39 is 6.04 Å². The van der Waals surface area contributed by atoms with Crippen LogP contribution in [0.2, 0.25) is 0 Å². The van der Waals surface area contributed by atoms with Gasteiger partial charge in [-0.1, -0.05) is 54.6 Å². The largest absolute Gasteiger partial charge is 0.354 e. The Morgan fingerprint density at radius 3 is 2.59 bits per heavy atom. The fraction of sp³-hybridized carbons (Fsp3) is 0.321. The molecule has 1 aliphatic heterocycles. The van der Waals surface area contributed by atoms with Crippen molar-refractivity contribution in [2.75, 3.05) is 30.3 Å². The first-order valence-corrected chi connectivity index (χ1v) is 13.3. The molecule has 7 nitrogen and oxygen atoms in total. The molecular formula is C28H33ClN4O3S. The first kappa shape index (κ1) is 28.5. The second-order valence-electron chi connectivity index (χ2n) is 8.80. The maximum atomic E-state index is 13.0. The number of amides is 3.